The van der Waals surface area contributed by atoms with Crippen molar-refractivity contribution in [1.29, 1.82) is 0 Å². The summed E-state index contributed by atoms with van der Waals surface area (Å²) in [5.41, 5.74) is 2.42. The lowest BCUT2D eigenvalue weighted by Gasteiger charge is -2.51. The van der Waals surface area contributed by atoms with E-state index in [2.05, 4.69) is 31.1 Å². The Labute approximate surface area is 184 Å². The molecule has 6 rings (SSSR count). The molecular formula is C26H27N2O3. The van der Waals surface area contributed by atoms with Gasteiger partial charge in [-0.05, 0) is 62.1 Å². The van der Waals surface area contributed by atoms with E-state index in [1.165, 1.54) is 5.57 Å². The predicted octanol–water partition coefficient (Wildman–Crippen LogP) is 2.89. The van der Waals surface area contributed by atoms with Crippen molar-refractivity contribution in [2.24, 2.45) is 11.8 Å². The number of rotatable bonds is 1. The van der Waals surface area contributed by atoms with Gasteiger partial charge in [0.2, 0.25) is 5.91 Å². The van der Waals surface area contributed by atoms with Gasteiger partial charge in [-0.2, -0.15) is 0 Å². The van der Waals surface area contributed by atoms with Crippen molar-refractivity contribution < 1.29 is 14.3 Å². The molecule has 3 heterocycles. The molecule has 0 spiro atoms. The second kappa shape index (κ2) is 6.93. The minimum Gasteiger partial charge on any atom is -0.380 e. The third kappa shape index (κ3) is 2.59. The molecule has 0 N–H and O–H groups in total. The monoisotopic (exact) mass is 415 g/mol. The maximum absolute atomic E-state index is 14.0. The Morgan fingerprint density at radius 2 is 1.97 bits per heavy atom. The maximum Gasteiger partial charge on any atom is 0.235 e. The lowest BCUT2D eigenvalue weighted by molar-refractivity contribution is -0.134. The van der Waals surface area contributed by atoms with E-state index in [4.69, 9.17) is 4.74 Å². The fraction of sp³-hybridized carbons (Fsp3) is 0.423. The zero-order chi connectivity index (χ0) is 21.3. The Hall–Kier alpha value is -2.14. The SMILES string of the molecule is C[C@H]1OC[C@H]2[C@@H]3N(C(=O)[C]4[CH][CH][CH][CH]4)c4ccccc4C34CCN(C)/C=C/1[C@@H]2CC4=O. The predicted molar refractivity (Wildman–Crippen MR) is 117 cm³/mol. The first-order valence-electron chi connectivity index (χ1n) is 11.2. The van der Waals surface area contributed by atoms with Crippen LogP contribution < -0.4 is 4.90 Å². The van der Waals surface area contributed by atoms with Gasteiger partial charge in [-0.15, -0.1) is 0 Å². The number of nitrogens with zero attached hydrogens (tertiary/aromatic N) is 2. The Balaban J connectivity index is 1.56. The number of ketones is 1. The van der Waals surface area contributed by atoms with E-state index in [0.717, 1.165) is 17.8 Å². The van der Waals surface area contributed by atoms with E-state index in [-0.39, 0.29) is 35.7 Å². The molecule has 1 aromatic rings. The van der Waals surface area contributed by atoms with Crippen molar-refractivity contribution in [2.45, 2.75) is 37.3 Å². The molecule has 2 aliphatic carbocycles. The molecule has 159 valence electrons. The standard InChI is InChI=1S/C26H27N2O3/c1-16-19-14-27(2)12-11-26-21-9-5-6-10-22(21)28(25(30)17-7-3-4-8-17)24(26)20(15-31-16)18(19)13-23(26)29/h3-10,14,16,18,20,24H,11-13,15H2,1-2H3/b19-14-/t16-,18+,20-,24+,26?/m1/s1. The first-order chi connectivity index (χ1) is 15.0. The van der Waals surface area contributed by atoms with Gasteiger partial charge in [0.05, 0.1) is 30.1 Å². The van der Waals surface area contributed by atoms with Gasteiger partial charge in [0, 0.05) is 37.8 Å². The van der Waals surface area contributed by atoms with Gasteiger partial charge >= 0.3 is 0 Å². The van der Waals surface area contributed by atoms with Gasteiger partial charge in [-0.25, -0.2) is 0 Å². The van der Waals surface area contributed by atoms with Crippen LogP contribution in [0.25, 0.3) is 0 Å². The number of carbonyl (C=O) groups is 2. The summed E-state index contributed by atoms with van der Waals surface area (Å²) < 4.78 is 6.25. The second-order valence-electron chi connectivity index (χ2n) is 9.51. The second-order valence-corrected chi connectivity index (χ2v) is 9.51. The van der Waals surface area contributed by atoms with Gasteiger partial charge < -0.3 is 14.5 Å². The Morgan fingerprint density at radius 3 is 2.77 bits per heavy atom. The molecule has 1 amide bonds. The van der Waals surface area contributed by atoms with Crippen LogP contribution >= 0.6 is 0 Å². The summed E-state index contributed by atoms with van der Waals surface area (Å²) in [4.78, 5) is 32.0. The Kier molecular flexibility index (Phi) is 4.37. The Morgan fingerprint density at radius 1 is 1.19 bits per heavy atom. The van der Waals surface area contributed by atoms with Crippen LogP contribution in [0, 0.1) is 43.4 Å². The summed E-state index contributed by atoms with van der Waals surface area (Å²) in [6.45, 7) is 3.42. The summed E-state index contributed by atoms with van der Waals surface area (Å²) in [6, 6.07) is 7.83. The summed E-state index contributed by atoms with van der Waals surface area (Å²) in [6.07, 6.45) is 10.9. The van der Waals surface area contributed by atoms with Crippen LogP contribution in [0.15, 0.2) is 36.0 Å². The number of hydrogen-bond donors (Lipinski definition) is 0. The van der Waals surface area contributed by atoms with E-state index >= 15 is 0 Å². The number of carbonyl (C=O) groups excluding carboxylic acids is 2. The van der Waals surface area contributed by atoms with Gasteiger partial charge in [0.1, 0.15) is 5.78 Å². The number of amides is 1. The quantitative estimate of drug-likeness (QED) is 0.708. The molecule has 3 fully saturated rings. The van der Waals surface area contributed by atoms with E-state index < -0.39 is 5.41 Å². The molecule has 5 heteroatoms. The van der Waals surface area contributed by atoms with E-state index in [1.54, 1.807) is 0 Å². The van der Waals surface area contributed by atoms with Gasteiger partial charge in [-0.3, -0.25) is 9.59 Å². The molecule has 5 atom stereocenters. The summed E-state index contributed by atoms with van der Waals surface area (Å²) in [5.74, 6) is 1.14. The number of Topliss-reactive ketones (excluding diaryl/α,β-unsaturated/α-hetero) is 1. The van der Waals surface area contributed by atoms with Crippen molar-refractivity contribution in [3.8, 4) is 0 Å². The number of ether oxygens (including phenoxy) is 1. The topological polar surface area (TPSA) is 49.9 Å². The van der Waals surface area contributed by atoms with Gasteiger partial charge in [0.15, 0.2) is 0 Å². The highest BCUT2D eigenvalue weighted by Crippen LogP contribution is 2.58. The van der Waals surface area contributed by atoms with E-state index in [9.17, 15) is 9.59 Å². The van der Waals surface area contributed by atoms with Crippen LogP contribution in [0.3, 0.4) is 0 Å². The molecule has 0 aromatic heterocycles. The average molecular weight is 416 g/mol. The van der Waals surface area contributed by atoms with Crippen LogP contribution in [-0.4, -0.2) is 48.9 Å². The molecule has 1 saturated heterocycles. The van der Waals surface area contributed by atoms with Crippen molar-refractivity contribution in [1.82, 2.24) is 4.90 Å². The van der Waals surface area contributed by atoms with Gasteiger partial charge in [0.25, 0.3) is 0 Å². The first-order valence-corrected chi connectivity index (χ1v) is 11.2. The van der Waals surface area contributed by atoms with Gasteiger partial charge in [-0.1, -0.05) is 18.2 Å². The number of hydrogen-bond acceptors (Lipinski definition) is 4. The maximum atomic E-state index is 14.0. The van der Waals surface area contributed by atoms with Crippen molar-refractivity contribution in [2.75, 3.05) is 25.1 Å². The minimum absolute atomic E-state index is 0.00916. The Bertz CT molecular complexity index is 965. The van der Waals surface area contributed by atoms with E-state index in [0.29, 0.717) is 25.4 Å². The number of anilines is 1. The zero-order valence-corrected chi connectivity index (χ0v) is 18.0. The lowest BCUT2D eigenvalue weighted by atomic mass is 9.56. The highest BCUT2D eigenvalue weighted by molar-refractivity contribution is 6.12. The van der Waals surface area contributed by atoms with Crippen LogP contribution in [-0.2, 0) is 19.7 Å². The highest BCUT2D eigenvalue weighted by atomic mass is 16.5. The molecule has 5 nitrogen and oxygen atoms in total. The number of benzene rings is 1. The van der Waals surface area contributed by atoms with Crippen molar-refractivity contribution >= 4 is 17.4 Å². The van der Waals surface area contributed by atoms with Crippen LogP contribution in [0.4, 0.5) is 5.69 Å². The summed E-state index contributed by atoms with van der Waals surface area (Å²) in [7, 11) is 2.08. The molecular weight excluding hydrogens is 388 g/mol. The van der Waals surface area contributed by atoms with E-state index in [1.807, 2.05) is 48.8 Å². The molecule has 1 unspecified atom stereocenters. The third-order valence-corrected chi connectivity index (χ3v) is 8.05. The van der Waals surface area contributed by atoms with Crippen LogP contribution in [0.1, 0.15) is 25.3 Å². The highest BCUT2D eigenvalue weighted by Gasteiger charge is 2.65. The smallest absolute Gasteiger partial charge is 0.235 e. The van der Waals surface area contributed by atoms with Crippen molar-refractivity contribution in [3.63, 3.8) is 0 Å². The fourth-order valence-corrected chi connectivity index (χ4v) is 6.63. The summed E-state index contributed by atoms with van der Waals surface area (Å²) >= 11 is 0. The normalized spacial score (nSPS) is 38.8. The van der Waals surface area contributed by atoms with Crippen LogP contribution in [0.2, 0.25) is 0 Å². The lowest BCUT2D eigenvalue weighted by Crippen LogP contribution is -2.63. The molecule has 2 saturated carbocycles. The molecule has 5 radical (unpaired) electrons. The van der Waals surface area contributed by atoms with Crippen molar-refractivity contribution in [3.05, 3.63) is 73.2 Å². The molecule has 31 heavy (non-hydrogen) atoms. The number of para-hydroxylation sites is 1. The molecule has 3 aliphatic heterocycles. The van der Waals surface area contributed by atoms with Crippen LogP contribution in [0.5, 0.6) is 0 Å². The molecule has 4 bridgehead atoms. The molecule has 5 aliphatic rings. The molecule has 1 aromatic carbocycles. The third-order valence-electron chi connectivity index (χ3n) is 8.05. The fourth-order valence-electron chi connectivity index (χ4n) is 6.63. The largest absolute Gasteiger partial charge is 0.380 e. The first kappa shape index (κ1) is 19.5. The zero-order valence-electron chi connectivity index (χ0n) is 18.0. The summed E-state index contributed by atoms with van der Waals surface area (Å²) in [5, 5.41) is 0. The average Bonchev–Trinajstić information content (AvgIpc) is 3.41. The number of fused-ring (bicyclic) bond motifs is 1. The minimum atomic E-state index is -0.679.